The number of hydroxylamine groups is 1. The number of halogens is 2. The number of rotatable bonds is 4. The highest BCUT2D eigenvalue weighted by Crippen LogP contribution is 2.23. The van der Waals surface area contributed by atoms with Crippen LogP contribution in [0.4, 0.5) is 4.39 Å². The molecular formula is C13H17BrFNO. The van der Waals surface area contributed by atoms with E-state index < -0.39 is 0 Å². The molecule has 17 heavy (non-hydrogen) atoms. The van der Waals surface area contributed by atoms with Crippen LogP contribution in [0.3, 0.4) is 0 Å². The van der Waals surface area contributed by atoms with Gasteiger partial charge in [-0.05, 0) is 53.4 Å². The fraction of sp³-hybridized carbons (Fsp3) is 0.538. The highest BCUT2D eigenvalue weighted by Gasteiger charge is 2.17. The second-order valence-electron chi connectivity index (χ2n) is 4.54. The first-order valence-electron chi connectivity index (χ1n) is 6.03. The van der Waals surface area contributed by atoms with Crippen molar-refractivity contribution in [3.63, 3.8) is 0 Å². The summed E-state index contributed by atoms with van der Waals surface area (Å²) in [6, 6.07) is 5.08. The van der Waals surface area contributed by atoms with Crippen molar-refractivity contribution >= 4 is 15.9 Å². The third kappa shape index (κ3) is 3.50. The van der Waals surface area contributed by atoms with E-state index in [4.69, 9.17) is 4.84 Å². The van der Waals surface area contributed by atoms with E-state index in [2.05, 4.69) is 21.4 Å². The molecular weight excluding hydrogens is 285 g/mol. The minimum absolute atomic E-state index is 0.0625. The van der Waals surface area contributed by atoms with Crippen LogP contribution in [0.5, 0.6) is 0 Å². The Morgan fingerprint density at radius 2 is 2.12 bits per heavy atom. The lowest BCUT2D eigenvalue weighted by molar-refractivity contribution is -0.0377. The molecule has 0 aliphatic heterocycles. The van der Waals surface area contributed by atoms with Crippen molar-refractivity contribution in [1.82, 2.24) is 5.48 Å². The quantitative estimate of drug-likeness (QED) is 0.845. The molecule has 0 spiro atoms. The van der Waals surface area contributed by atoms with E-state index in [0.29, 0.717) is 10.6 Å². The minimum Gasteiger partial charge on any atom is -0.298 e. The van der Waals surface area contributed by atoms with Gasteiger partial charge < -0.3 is 0 Å². The lowest BCUT2D eigenvalue weighted by atomic mass is 10.1. The highest BCUT2D eigenvalue weighted by atomic mass is 79.9. The van der Waals surface area contributed by atoms with Crippen LogP contribution in [0, 0.1) is 5.82 Å². The van der Waals surface area contributed by atoms with Crippen LogP contribution < -0.4 is 5.48 Å². The monoisotopic (exact) mass is 301 g/mol. The third-order valence-electron chi connectivity index (χ3n) is 3.16. The van der Waals surface area contributed by atoms with E-state index in [0.717, 1.165) is 18.4 Å². The van der Waals surface area contributed by atoms with Crippen molar-refractivity contribution in [2.45, 2.75) is 44.8 Å². The van der Waals surface area contributed by atoms with E-state index in [1.54, 1.807) is 12.1 Å². The zero-order valence-corrected chi connectivity index (χ0v) is 11.5. The second-order valence-corrected chi connectivity index (χ2v) is 5.39. The van der Waals surface area contributed by atoms with Gasteiger partial charge in [-0.1, -0.05) is 18.9 Å². The van der Waals surface area contributed by atoms with Crippen molar-refractivity contribution in [2.75, 3.05) is 0 Å². The van der Waals surface area contributed by atoms with Crippen LogP contribution in [-0.2, 0) is 4.84 Å². The molecule has 1 atom stereocenters. The van der Waals surface area contributed by atoms with Crippen molar-refractivity contribution in [3.05, 3.63) is 34.1 Å². The fourth-order valence-corrected chi connectivity index (χ4v) is 2.45. The van der Waals surface area contributed by atoms with Gasteiger partial charge >= 0.3 is 0 Å². The molecule has 1 unspecified atom stereocenters. The van der Waals surface area contributed by atoms with E-state index in [1.807, 2.05) is 6.92 Å². The summed E-state index contributed by atoms with van der Waals surface area (Å²) in [5.41, 5.74) is 4.05. The molecule has 0 bridgehead atoms. The topological polar surface area (TPSA) is 21.3 Å². The minimum atomic E-state index is -0.238. The Hall–Kier alpha value is -0.450. The molecule has 2 rings (SSSR count). The summed E-state index contributed by atoms with van der Waals surface area (Å²) in [6.45, 7) is 2.01. The van der Waals surface area contributed by atoms with Crippen LogP contribution in [0.15, 0.2) is 22.7 Å². The summed E-state index contributed by atoms with van der Waals surface area (Å²) >= 11 is 3.19. The van der Waals surface area contributed by atoms with Crippen molar-refractivity contribution in [1.29, 1.82) is 0 Å². The van der Waals surface area contributed by atoms with Gasteiger partial charge in [-0.15, -0.1) is 0 Å². The van der Waals surface area contributed by atoms with Gasteiger partial charge in [-0.25, -0.2) is 4.39 Å². The van der Waals surface area contributed by atoms with Gasteiger partial charge in [0.1, 0.15) is 5.82 Å². The Morgan fingerprint density at radius 1 is 1.41 bits per heavy atom. The third-order valence-corrected chi connectivity index (χ3v) is 3.77. The Kier molecular flexibility index (Phi) is 4.54. The van der Waals surface area contributed by atoms with Crippen molar-refractivity contribution < 1.29 is 9.23 Å². The molecule has 4 heteroatoms. The molecule has 0 saturated heterocycles. The molecule has 0 radical (unpaired) electrons. The summed E-state index contributed by atoms with van der Waals surface area (Å²) < 4.78 is 13.6. The number of nitrogens with one attached hydrogen (secondary N) is 1. The normalized spacial score (nSPS) is 18.5. The molecule has 0 aromatic heterocycles. The Balaban J connectivity index is 1.89. The van der Waals surface area contributed by atoms with Gasteiger partial charge in [-0.2, -0.15) is 5.48 Å². The molecule has 1 aliphatic rings. The number of benzene rings is 1. The van der Waals surface area contributed by atoms with E-state index in [9.17, 15) is 4.39 Å². The summed E-state index contributed by atoms with van der Waals surface area (Å²) in [5, 5.41) is 0. The molecule has 94 valence electrons. The molecule has 0 amide bonds. The average Bonchev–Trinajstić information content (AvgIpc) is 2.82. The van der Waals surface area contributed by atoms with Gasteiger partial charge in [0.25, 0.3) is 0 Å². The van der Waals surface area contributed by atoms with Gasteiger partial charge in [0, 0.05) is 0 Å². The first-order chi connectivity index (χ1) is 8.16. The van der Waals surface area contributed by atoms with Gasteiger partial charge in [0.15, 0.2) is 0 Å². The van der Waals surface area contributed by atoms with Gasteiger partial charge in [-0.3, -0.25) is 4.84 Å². The molecule has 1 aromatic rings. The predicted octanol–water partition coefficient (Wildman–Crippen LogP) is 4.11. The summed E-state index contributed by atoms with van der Waals surface area (Å²) in [7, 11) is 0. The molecule has 1 aliphatic carbocycles. The van der Waals surface area contributed by atoms with Gasteiger partial charge in [0.05, 0.1) is 16.6 Å². The molecule has 1 fully saturated rings. The smallest absolute Gasteiger partial charge is 0.137 e. The van der Waals surface area contributed by atoms with E-state index >= 15 is 0 Å². The Bertz CT molecular complexity index is 380. The zero-order chi connectivity index (χ0) is 12.3. The van der Waals surface area contributed by atoms with Crippen LogP contribution in [0.1, 0.15) is 44.2 Å². The molecule has 1 N–H and O–H groups in total. The summed E-state index contributed by atoms with van der Waals surface area (Å²) in [6.07, 6.45) is 5.10. The fourth-order valence-electron chi connectivity index (χ4n) is 2.05. The maximum atomic E-state index is 13.1. The Morgan fingerprint density at radius 3 is 2.76 bits per heavy atom. The lowest BCUT2D eigenvalue weighted by Gasteiger charge is -2.18. The molecule has 2 nitrogen and oxygen atoms in total. The number of hydrogen-bond acceptors (Lipinski definition) is 2. The first kappa shape index (κ1) is 13.0. The predicted molar refractivity (Wildman–Crippen MR) is 69.0 cm³/mol. The Labute approximate surface area is 110 Å². The molecule has 1 saturated carbocycles. The summed E-state index contributed by atoms with van der Waals surface area (Å²) in [4.78, 5) is 5.63. The molecule has 1 aromatic carbocycles. The van der Waals surface area contributed by atoms with E-state index in [-0.39, 0.29) is 11.9 Å². The largest absolute Gasteiger partial charge is 0.298 e. The first-order valence-corrected chi connectivity index (χ1v) is 6.82. The standard InChI is InChI=1S/C13H17BrFNO/c1-9(16-17-11-4-2-3-5-11)10-6-7-13(15)12(14)8-10/h6-9,11,16H,2-5H2,1H3. The zero-order valence-electron chi connectivity index (χ0n) is 9.88. The second kappa shape index (κ2) is 5.94. The average molecular weight is 302 g/mol. The maximum Gasteiger partial charge on any atom is 0.137 e. The SMILES string of the molecule is CC(NOC1CCCC1)c1ccc(F)c(Br)c1. The van der Waals surface area contributed by atoms with Crippen molar-refractivity contribution in [2.24, 2.45) is 0 Å². The van der Waals surface area contributed by atoms with Crippen LogP contribution in [0.2, 0.25) is 0 Å². The van der Waals surface area contributed by atoms with Crippen LogP contribution >= 0.6 is 15.9 Å². The van der Waals surface area contributed by atoms with Gasteiger partial charge in [0.2, 0.25) is 0 Å². The van der Waals surface area contributed by atoms with Crippen molar-refractivity contribution in [3.8, 4) is 0 Å². The number of hydrogen-bond donors (Lipinski definition) is 1. The summed E-state index contributed by atoms with van der Waals surface area (Å²) in [5.74, 6) is -0.238. The highest BCUT2D eigenvalue weighted by molar-refractivity contribution is 9.10. The van der Waals surface area contributed by atoms with E-state index in [1.165, 1.54) is 18.9 Å². The molecule has 0 heterocycles. The van der Waals surface area contributed by atoms with Crippen LogP contribution in [0.25, 0.3) is 0 Å². The van der Waals surface area contributed by atoms with Crippen LogP contribution in [-0.4, -0.2) is 6.10 Å². The maximum absolute atomic E-state index is 13.1. The lowest BCUT2D eigenvalue weighted by Crippen LogP contribution is -2.24.